The molecule has 0 spiro atoms. The summed E-state index contributed by atoms with van der Waals surface area (Å²) in [7, 11) is 0. The van der Waals surface area contributed by atoms with Gasteiger partial charge in [0.25, 0.3) is 5.91 Å². The fraction of sp³-hybridized carbons (Fsp3) is 0.273. The normalized spacial score (nSPS) is 9.85. The molecule has 0 radical (unpaired) electrons. The number of para-hydroxylation sites is 1. The molecule has 0 aliphatic carbocycles. The summed E-state index contributed by atoms with van der Waals surface area (Å²) < 4.78 is 5.10. The average Bonchev–Trinajstić information content (AvgIpc) is 2.38. The Morgan fingerprint density at radius 1 is 1.45 bits per heavy atom. The van der Waals surface area contributed by atoms with Gasteiger partial charge in [-0.05, 0) is 13.0 Å². The van der Waals surface area contributed by atoms with Gasteiger partial charge in [0.1, 0.15) is 0 Å². The lowest BCUT2D eigenvalue weighted by Crippen LogP contribution is -2.27. The molecule has 0 aliphatic rings. The third-order valence-corrected chi connectivity index (χ3v) is 2.08. The number of benzene rings is 1. The van der Waals surface area contributed by atoms with Crippen LogP contribution in [-0.2, 0) is 9.63 Å². The Bertz CT molecular complexity index is 530. The van der Waals surface area contributed by atoms with Crippen LogP contribution >= 0.6 is 0 Å². The molecule has 0 saturated carbocycles. The van der Waals surface area contributed by atoms with Gasteiger partial charge in [-0.1, -0.05) is 6.07 Å². The minimum Gasteiger partial charge on any atom is -0.487 e. The highest BCUT2D eigenvalue weighted by Gasteiger charge is 2.23. The van der Waals surface area contributed by atoms with Crippen molar-refractivity contribution in [3.63, 3.8) is 0 Å². The first kappa shape index (κ1) is 15.4. The number of nitrogens with one attached hydrogen (secondary N) is 1. The molecule has 0 unspecified atom stereocenters. The van der Waals surface area contributed by atoms with Gasteiger partial charge in [0.05, 0.1) is 17.1 Å². The first-order valence-corrected chi connectivity index (χ1v) is 5.51. The molecule has 0 aliphatic heterocycles. The lowest BCUT2D eigenvalue weighted by atomic mass is 10.1. The Kier molecular flexibility index (Phi) is 5.42. The molecule has 1 aromatic carbocycles. The molecular formula is C11H12N2O7. The van der Waals surface area contributed by atoms with Gasteiger partial charge in [-0.3, -0.25) is 19.7 Å². The standard InChI is InChI=1S/C11H12N2O7/c1-2-19-10-7(4-3-5-8(10)13(17)18)11(16)12-20-6-9(14)15/h3-5H,2,6H2,1H3,(H,12,16)(H,14,15). The van der Waals surface area contributed by atoms with Crippen molar-refractivity contribution < 1.29 is 29.2 Å². The number of hydrogen-bond acceptors (Lipinski definition) is 6. The van der Waals surface area contributed by atoms with Gasteiger partial charge < -0.3 is 9.84 Å². The maximum atomic E-state index is 11.8. The minimum absolute atomic E-state index is 0.119. The monoisotopic (exact) mass is 284 g/mol. The molecule has 9 nitrogen and oxygen atoms in total. The van der Waals surface area contributed by atoms with E-state index in [2.05, 4.69) is 4.84 Å². The van der Waals surface area contributed by atoms with Crippen molar-refractivity contribution in [3.05, 3.63) is 33.9 Å². The summed E-state index contributed by atoms with van der Waals surface area (Å²) in [6.07, 6.45) is 0. The van der Waals surface area contributed by atoms with Gasteiger partial charge >= 0.3 is 11.7 Å². The fourth-order valence-electron chi connectivity index (χ4n) is 1.36. The van der Waals surface area contributed by atoms with Crippen molar-refractivity contribution in [2.45, 2.75) is 6.92 Å². The maximum absolute atomic E-state index is 11.8. The number of nitrogens with zero attached hydrogens (tertiary/aromatic N) is 1. The van der Waals surface area contributed by atoms with Crippen LogP contribution in [0.3, 0.4) is 0 Å². The highest BCUT2D eigenvalue weighted by atomic mass is 16.7. The smallest absolute Gasteiger partial charge is 0.332 e. The zero-order valence-electron chi connectivity index (χ0n) is 10.5. The molecule has 0 bridgehead atoms. The zero-order valence-corrected chi connectivity index (χ0v) is 10.5. The largest absolute Gasteiger partial charge is 0.487 e. The summed E-state index contributed by atoms with van der Waals surface area (Å²) in [5.41, 5.74) is 1.39. The van der Waals surface area contributed by atoms with Gasteiger partial charge in [-0.15, -0.1) is 0 Å². The van der Waals surface area contributed by atoms with Gasteiger partial charge in [-0.2, -0.15) is 0 Å². The number of aliphatic carboxylic acids is 1. The number of ether oxygens (including phenoxy) is 1. The Morgan fingerprint density at radius 3 is 2.70 bits per heavy atom. The van der Waals surface area contributed by atoms with Crippen molar-refractivity contribution in [2.24, 2.45) is 0 Å². The number of carboxylic acid groups (broad SMARTS) is 1. The van der Waals surface area contributed by atoms with Crippen molar-refractivity contribution >= 4 is 17.6 Å². The molecule has 1 rings (SSSR count). The number of hydroxylamine groups is 1. The highest BCUT2D eigenvalue weighted by molar-refractivity contribution is 5.97. The third kappa shape index (κ3) is 3.92. The summed E-state index contributed by atoms with van der Waals surface area (Å²) in [6.45, 7) is 1.01. The van der Waals surface area contributed by atoms with Crippen LogP contribution in [0.25, 0.3) is 0 Å². The van der Waals surface area contributed by atoms with E-state index >= 15 is 0 Å². The predicted octanol–water partition coefficient (Wildman–Crippen LogP) is 0.739. The lowest BCUT2D eigenvalue weighted by molar-refractivity contribution is -0.385. The second kappa shape index (κ2) is 7.04. The topological polar surface area (TPSA) is 128 Å². The minimum atomic E-state index is -1.27. The number of carbonyl (C=O) groups is 2. The van der Waals surface area contributed by atoms with Crippen LogP contribution in [0, 0.1) is 10.1 Å². The first-order valence-electron chi connectivity index (χ1n) is 5.51. The van der Waals surface area contributed by atoms with E-state index in [4.69, 9.17) is 9.84 Å². The van der Waals surface area contributed by atoms with Gasteiger partial charge in [-0.25, -0.2) is 10.3 Å². The van der Waals surface area contributed by atoms with Crippen molar-refractivity contribution in [1.29, 1.82) is 0 Å². The predicted molar refractivity (Wildman–Crippen MR) is 65.3 cm³/mol. The van der Waals surface area contributed by atoms with E-state index in [-0.39, 0.29) is 23.6 Å². The molecule has 0 aromatic heterocycles. The van der Waals surface area contributed by atoms with E-state index in [0.717, 1.165) is 0 Å². The lowest BCUT2D eigenvalue weighted by Gasteiger charge is -2.10. The quantitative estimate of drug-likeness (QED) is 0.558. The van der Waals surface area contributed by atoms with Crippen molar-refractivity contribution in [1.82, 2.24) is 5.48 Å². The fourth-order valence-corrected chi connectivity index (χ4v) is 1.36. The van der Waals surface area contributed by atoms with Crippen LogP contribution < -0.4 is 10.2 Å². The number of carboxylic acids is 1. The Morgan fingerprint density at radius 2 is 2.15 bits per heavy atom. The molecule has 1 amide bonds. The molecule has 0 saturated heterocycles. The van der Waals surface area contributed by atoms with Crippen LogP contribution in [0.2, 0.25) is 0 Å². The molecule has 1 aromatic rings. The second-order valence-corrected chi connectivity index (χ2v) is 3.46. The summed E-state index contributed by atoms with van der Waals surface area (Å²) in [4.78, 5) is 36.6. The van der Waals surface area contributed by atoms with E-state index in [1.807, 2.05) is 5.48 Å². The van der Waals surface area contributed by atoms with Crippen LogP contribution in [0.5, 0.6) is 5.75 Å². The molecular weight excluding hydrogens is 272 g/mol. The summed E-state index contributed by atoms with van der Waals surface area (Å²) in [5, 5.41) is 19.2. The van der Waals surface area contributed by atoms with E-state index in [1.54, 1.807) is 6.92 Å². The SMILES string of the molecule is CCOc1c(C(=O)NOCC(=O)O)cccc1[N+](=O)[O-]. The number of carbonyl (C=O) groups excluding carboxylic acids is 1. The first-order chi connectivity index (χ1) is 9.47. The van der Waals surface area contributed by atoms with Crippen LogP contribution in [0.15, 0.2) is 18.2 Å². The van der Waals surface area contributed by atoms with E-state index in [0.29, 0.717) is 0 Å². The molecule has 108 valence electrons. The Balaban J connectivity index is 2.98. The number of rotatable bonds is 7. The van der Waals surface area contributed by atoms with E-state index in [1.165, 1.54) is 18.2 Å². The number of hydrogen-bond donors (Lipinski definition) is 2. The molecule has 0 fully saturated rings. The molecule has 20 heavy (non-hydrogen) atoms. The van der Waals surface area contributed by atoms with Crippen LogP contribution in [-0.4, -0.2) is 35.1 Å². The van der Waals surface area contributed by atoms with E-state index in [9.17, 15) is 19.7 Å². The van der Waals surface area contributed by atoms with Crippen molar-refractivity contribution in [2.75, 3.05) is 13.2 Å². The average molecular weight is 284 g/mol. The number of nitro groups is 1. The number of amides is 1. The molecule has 0 atom stereocenters. The molecule has 2 N–H and O–H groups in total. The molecule has 0 heterocycles. The number of nitro benzene ring substituents is 1. The summed E-state index contributed by atoms with van der Waals surface area (Å²) >= 11 is 0. The van der Waals surface area contributed by atoms with Gasteiger partial charge in [0.2, 0.25) is 5.75 Å². The van der Waals surface area contributed by atoms with E-state index < -0.39 is 23.4 Å². The Hall–Kier alpha value is -2.68. The van der Waals surface area contributed by atoms with Gasteiger partial charge in [0, 0.05) is 6.07 Å². The highest BCUT2D eigenvalue weighted by Crippen LogP contribution is 2.30. The van der Waals surface area contributed by atoms with Crippen molar-refractivity contribution in [3.8, 4) is 5.75 Å². The maximum Gasteiger partial charge on any atom is 0.332 e. The summed E-state index contributed by atoms with van der Waals surface area (Å²) in [5.74, 6) is -2.30. The second-order valence-electron chi connectivity index (χ2n) is 3.46. The molecule has 9 heteroatoms. The van der Waals surface area contributed by atoms with Gasteiger partial charge in [0.15, 0.2) is 6.61 Å². The van der Waals surface area contributed by atoms with Crippen LogP contribution in [0.1, 0.15) is 17.3 Å². The summed E-state index contributed by atoms with van der Waals surface area (Å²) in [6, 6.07) is 3.81. The Labute approximate surface area is 113 Å². The third-order valence-electron chi connectivity index (χ3n) is 2.08. The van der Waals surface area contributed by atoms with Crippen LogP contribution in [0.4, 0.5) is 5.69 Å². The zero-order chi connectivity index (χ0) is 15.1.